The molecule has 0 spiro atoms. The molecule has 0 fully saturated rings. The Kier molecular flexibility index (Phi) is 5.49. The van der Waals surface area contributed by atoms with Crippen LogP contribution in [0.1, 0.15) is 29.4 Å². The van der Waals surface area contributed by atoms with E-state index in [4.69, 9.17) is 4.74 Å². The highest BCUT2D eigenvalue weighted by atomic mass is 19.1. The number of methoxy groups -OCH3 is 1. The number of aromatic amines is 1. The van der Waals surface area contributed by atoms with Gasteiger partial charge >= 0.3 is 0 Å². The molecule has 3 aromatic rings. The van der Waals surface area contributed by atoms with Crippen molar-refractivity contribution in [3.63, 3.8) is 0 Å². The SMILES string of the molecule is CCCc1[nH]nc(-c2cccc(OC)c2)c1NC(=O)c1c(F)cccc1F. The number of hydrogen-bond donors (Lipinski definition) is 2. The second kappa shape index (κ2) is 7.99. The van der Waals surface area contributed by atoms with Gasteiger partial charge < -0.3 is 10.1 Å². The Labute approximate surface area is 155 Å². The fourth-order valence-electron chi connectivity index (χ4n) is 2.81. The molecule has 0 aliphatic carbocycles. The number of ether oxygens (including phenoxy) is 1. The second-order valence-corrected chi connectivity index (χ2v) is 5.96. The first kappa shape index (κ1) is 18.6. The van der Waals surface area contributed by atoms with Crippen LogP contribution in [0.15, 0.2) is 42.5 Å². The molecule has 5 nitrogen and oxygen atoms in total. The summed E-state index contributed by atoms with van der Waals surface area (Å²) in [7, 11) is 1.55. The fourth-order valence-corrected chi connectivity index (χ4v) is 2.81. The molecule has 2 N–H and O–H groups in total. The number of nitrogens with zero attached hydrogens (tertiary/aromatic N) is 1. The number of halogens is 2. The molecule has 1 amide bonds. The summed E-state index contributed by atoms with van der Waals surface area (Å²) in [5.41, 5.74) is 1.63. The Morgan fingerprint density at radius 2 is 1.89 bits per heavy atom. The quantitative estimate of drug-likeness (QED) is 0.667. The van der Waals surface area contributed by atoms with E-state index in [1.165, 1.54) is 6.07 Å². The molecule has 0 atom stereocenters. The predicted octanol–water partition coefficient (Wildman–Crippen LogP) is 4.57. The first-order valence-electron chi connectivity index (χ1n) is 8.52. The number of carbonyl (C=O) groups excluding carboxylic acids is 1. The number of nitrogens with one attached hydrogen (secondary N) is 2. The molecule has 0 radical (unpaired) electrons. The summed E-state index contributed by atoms with van der Waals surface area (Å²) in [6, 6.07) is 10.5. The number of rotatable bonds is 6. The summed E-state index contributed by atoms with van der Waals surface area (Å²) >= 11 is 0. The Bertz CT molecular complexity index is 949. The van der Waals surface area contributed by atoms with Crippen LogP contribution in [0.3, 0.4) is 0 Å². The van der Waals surface area contributed by atoms with Gasteiger partial charge in [0, 0.05) is 5.56 Å². The molecule has 0 bridgehead atoms. The predicted molar refractivity (Wildman–Crippen MR) is 98.9 cm³/mol. The van der Waals surface area contributed by atoms with Gasteiger partial charge in [-0.2, -0.15) is 5.10 Å². The zero-order valence-corrected chi connectivity index (χ0v) is 15.0. The maximum absolute atomic E-state index is 14.0. The van der Waals surface area contributed by atoms with Gasteiger partial charge in [-0.25, -0.2) is 8.78 Å². The van der Waals surface area contributed by atoms with Gasteiger partial charge in [0.2, 0.25) is 0 Å². The molecule has 7 heteroatoms. The number of carbonyl (C=O) groups is 1. The maximum atomic E-state index is 14.0. The van der Waals surface area contributed by atoms with Crippen LogP contribution in [-0.2, 0) is 6.42 Å². The molecule has 1 heterocycles. The van der Waals surface area contributed by atoms with Crippen molar-refractivity contribution in [2.45, 2.75) is 19.8 Å². The summed E-state index contributed by atoms with van der Waals surface area (Å²) in [4.78, 5) is 12.6. The van der Waals surface area contributed by atoms with E-state index < -0.39 is 23.1 Å². The maximum Gasteiger partial charge on any atom is 0.261 e. The Balaban J connectivity index is 2.03. The summed E-state index contributed by atoms with van der Waals surface area (Å²) in [5, 5.41) is 9.82. The van der Waals surface area contributed by atoms with Crippen molar-refractivity contribution in [2.24, 2.45) is 0 Å². The Morgan fingerprint density at radius 1 is 1.19 bits per heavy atom. The first-order valence-corrected chi connectivity index (χ1v) is 8.52. The fraction of sp³-hybridized carbons (Fsp3) is 0.200. The lowest BCUT2D eigenvalue weighted by Gasteiger charge is -2.10. The smallest absolute Gasteiger partial charge is 0.261 e. The van der Waals surface area contributed by atoms with Crippen molar-refractivity contribution in [1.29, 1.82) is 0 Å². The van der Waals surface area contributed by atoms with Gasteiger partial charge in [0.25, 0.3) is 5.91 Å². The van der Waals surface area contributed by atoms with Crippen molar-refractivity contribution in [1.82, 2.24) is 10.2 Å². The van der Waals surface area contributed by atoms with Gasteiger partial charge in [0.05, 0.1) is 18.5 Å². The number of hydrogen-bond acceptors (Lipinski definition) is 3. The highest BCUT2D eigenvalue weighted by Crippen LogP contribution is 2.32. The number of benzene rings is 2. The minimum Gasteiger partial charge on any atom is -0.497 e. The van der Waals surface area contributed by atoms with E-state index in [0.29, 0.717) is 34.8 Å². The number of amides is 1. The van der Waals surface area contributed by atoms with Crippen molar-refractivity contribution in [3.05, 3.63) is 65.4 Å². The number of aromatic nitrogens is 2. The zero-order valence-electron chi connectivity index (χ0n) is 15.0. The number of H-pyrrole nitrogens is 1. The van der Waals surface area contributed by atoms with E-state index in [0.717, 1.165) is 18.6 Å². The van der Waals surface area contributed by atoms with Crippen LogP contribution in [0.4, 0.5) is 14.5 Å². The molecular formula is C20H19F2N3O2. The topological polar surface area (TPSA) is 67.0 Å². The highest BCUT2D eigenvalue weighted by molar-refractivity contribution is 6.06. The molecule has 0 aliphatic rings. The van der Waals surface area contributed by atoms with Crippen molar-refractivity contribution >= 4 is 11.6 Å². The third kappa shape index (κ3) is 3.81. The van der Waals surface area contributed by atoms with Crippen LogP contribution in [-0.4, -0.2) is 23.2 Å². The number of aryl methyl sites for hydroxylation is 1. The van der Waals surface area contributed by atoms with Crippen LogP contribution >= 0.6 is 0 Å². The normalized spacial score (nSPS) is 10.7. The monoisotopic (exact) mass is 371 g/mol. The second-order valence-electron chi connectivity index (χ2n) is 5.96. The largest absolute Gasteiger partial charge is 0.497 e. The van der Waals surface area contributed by atoms with Crippen LogP contribution in [0.25, 0.3) is 11.3 Å². The average Bonchev–Trinajstić information content (AvgIpc) is 3.04. The Hall–Kier alpha value is -3.22. The van der Waals surface area contributed by atoms with E-state index in [-0.39, 0.29) is 0 Å². The van der Waals surface area contributed by atoms with Crippen molar-refractivity contribution < 1.29 is 18.3 Å². The summed E-state index contributed by atoms with van der Waals surface area (Å²) in [6.07, 6.45) is 1.42. The van der Waals surface area contributed by atoms with E-state index in [2.05, 4.69) is 15.5 Å². The van der Waals surface area contributed by atoms with Crippen molar-refractivity contribution in [2.75, 3.05) is 12.4 Å². The zero-order chi connectivity index (χ0) is 19.4. The van der Waals surface area contributed by atoms with E-state index in [9.17, 15) is 13.6 Å². The van der Waals surface area contributed by atoms with Gasteiger partial charge in [-0.15, -0.1) is 0 Å². The molecular weight excluding hydrogens is 352 g/mol. The van der Waals surface area contributed by atoms with E-state index in [1.54, 1.807) is 25.3 Å². The van der Waals surface area contributed by atoms with Crippen LogP contribution in [0.2, 0.25) is 0 Å². The summed E-state index contributed by atoms with van der Waals surface area (Å²) < 4.78 is 33.1. The van der Waals surface area contributed by atoms with Gasteiger partial charge in [0.1, 0.15) is 28.6 Å². The third-order valence-electron chi connectivity index (χ3n) is 4.11. The molecule has 3 rings (SSSR count). The van der Waals surface area contributed by atoms with Crippen LogP contribution < -0.4 is 10.1 Å². The lowest BCUT2D eigenvalue weighted by Crippen LogP contribution is -2.17. The van der Waals surface area contributed by atoms with E-state index >= 15 is 0 Å². The summed E-state index contributed by atoms with van der Waals surface area (Å²) in [5.74, 6) is -2.08. The molecule has 27 heavy (non-hydrogen) atoms. The molecule has 140 valence electrons. The lowest BCUT2D eigenvalue weighted by atomic mass is 10.1. The van der Waals surface area contributed by atoms with Gasteiger partial charge in [-0.3, -0.25) is 9.89 Å². The van der Waals surface area contributed by atoms with Gasteiger partial charge in [-0.1, -0.05) is 31.5 Å². The van der Waals surface area contributed by atoms with E-state index in [1.807, 2.05) is 13.0 Å². The summed E-state index contributed by atoms with van der Waals surface area (Å²) in [6.45, 7) is 1.98. The van der Waals surface area contributed by atoms with Crippen LogP contribution in [0.5, 0.6) is 5.75 Å². The Morgan fingerprint density at radius 3 is 2.56 bits per heavy atom. The minimum atomic E-state index is -0.920. The molecule has 0 saturated heterocycles. The minimum absolute atomic E-state index is 0.401. The van der Waals surface area contributed by atoms with Crippen molar-refractivity contribution in [3.8, 4) is 17.0 Å². The van der Waals surface area contributed by atoms with Crippen LogP contribution in [0, 0.1) is 11.6 Å². The molecule has 1 aromatic heterocycles. The lowest BCUT2D eigenvalue weighted by molar-refractivity contribution is 0.101. The highest BCUT2D eigenvalue weighted by Gasteiger charge is 2.22. The first-order chi connectivity index (χ1) is 13.0. The number of anilines is 1. The molecule has 2 aromatic carbocycles. The molecule has 0 aliphatic heterocycles. The third-order valence-corrected chi connectivity index (χ3v) is 4.11. The standard InChI is InChI=1S/C20H19F2N3O2/c1-3-6-16-19(23-20(26)17-14(21)9-5-10-15(17)22)18(25-24-16)12-7-4-8-13(11-12)27-2/h4-5,7-11H,3,6H2,1-2H3,(H,23,26)(H,24,25). The van der Waals surface area contributed by atoms with Gasteiger partial charge in [0.15, 0.2) is 0 Å². The van der Waals surface area contributed by atoms with Gasteiger partial charge in [-0.05, 0) is 30.7 Å². The average molecular weight is 371 g/mol. The molecule has 0 unspecified atom stereocenters. The molecule has 0 saturated carbocycles.